The quantitative estimate of drug-likeness (QED) is 0.130. The molecular weight excluding hydrogens is 948 g/mol. The minimum atomic E-state index is 0. The molecule has 0 atom stereocenters. The third-order valence-corrected chi connectivity index (χ3v) is 10.8. The van der Waals surface area contributed by atoms with Gasteiger partial charge in [-0.2, -0.15) is 0 Å². The Morgan fingerprint density at radius 3 is 0.459 bits per heavy atom. The first-order valence-electron chi connectivity index (χ1n) is 22.1. The Bertz CT molecular complexity index is 1150. The van der Waals surface area contributed by atoms with Gasteiger partial charge in [0, 0.05) is 65.2 Å². The van der Waals surface area contributed by atoms with Gasteiger partial charge in [-0.15, -0.1) is 0 Å². The Morgan fingerprint density at radius 1 is 0.279 bits per heavy atom. The normalized spacial score (nSPS) is 13.1. The number of phenolic OH excluding ortho intramolecular Hbond substituents is 3. The maximum absolute atomic E-state index is 9.93. The maximum atomic E-state index is 9.93. The SMILES string of the molecule is C1CCCC1.C1CCCC1.C1CCCC1.CC(C)c1cccc(C(C)C)c1O.CC(C)c1cccc(C(C)C)c1O.CC(C)c1cccc(C(C)C)c1O.[SH-].[SH-].[SH-].[Ti+3].[Ti].[Ti].[Ti]. The molecule has 3 aliphatic rings. The van der Waals surface area contributed by atoms with Crippen LogP contribution in [-0.2, 0) is 127 Å². The van der Waals surface area contributed by atoms with E-state index in [9.17, 15) is 15.3 Å². The first-order chi connectivity index (χ1) is 25.6. The summed E-state index contributed by atoms with van der Waals surface area (Å²) in [5.74, 6) is 3.76. The van der Waals surface area contributed by atoms with Gasteiger partial charge in [-0.3, -0.25) is 0 Å². The van der Waals surface area contributed by atoms with Crippen molar-refractivity contribution < 1.29 is 102 Å². The molecule has 0 spiro atoms. The van der Waals surface area contributed by atoms with E-state index in [-0.39, 0.29) is 127 Å². The van der Waals surface area contributed by atoms with Crippen molar-refractivity contribution in [2.24, 2.45) is 0 Å². The molecule has 3 aromatic carbocycles. The molecule has 6 rings (SSSR count). The van der Waals surface area contributed by atoms with Crippen LogP contribution in [0.2, 0.25) is 0 Å². The summed E-state index contributed by atoms with van der Waals surface area (Å²) in [6.07, 6.45) is 22.5. The molecule has 3 saturated carbocycles. The van der Waals surface area contributed by atoms with Crippen LogP contribution < -0.4 is 0 Å². The zero-order valence-electron chi connectivity index (χ0n) is 40.5. The maximum Gasteiger partial charge on any atom is 3.00 e. The molecule has 0 aromatic heterocycles. The summed E-state index contributed by atoms with van der Waals surface area (Å²) in [7, 11) is 0. The number of para-hydroxylation sites is 3. The summed E-state index contributed by atoms with van der Waals surface area (Å²) in [6, 6.07) is 18.0. The minimum absolute atomic E-state index is 0. The number of thiol groups is 3. The van der Waals surface area contributed by atoms with E-state index < -0.39 is 0 Å². The second-order valence-corrected chi connectivity index (χ2v) is 17.6. The molecule has 0 aliphatic heterocycles. The Labute approximate surface area is 458 Å². The molecule has 343 valence electrons. The predicted octanol–water partition coefficient (Wildman–Crippen LogP) is 15.9. The molecule has 3 N–H and O–H groups in total. The second-order valence-electron chi connectivity index (χ2n) is 17.6. The van der Waals surface area contributed by atoms with Crippen molar-refractivity contribution >= 4 is 40.5 Å². The van der Waals surface area contributed by atoms with E-state index in [1.807, 2.05) is 54.6 Å². The van der Waals surface area contributed by atoms with E-state index in [0.717, 1.165) is 33.4 Å². The van der Waals surface area contributed by atoms with Gasteiger partial charge in [0.1, 0.15) is 17.2 Å². The fourth-order valence-corrected chi connectivity index (χ4v) is 7.19. The molecule has 0 heterocycles. The van der Waals surface area contributed by atoms with Crippen LogP contribution in [0.1, 0.15) is 248 Å². The van der Waals surface area contributed by atoms with Crippen LogP contribution in [0.3, 0.4) is 0 Å². The van der Waals surface area contributed by atoms with Crippen molar-refractivity contribution in [3.05, 3.63) is 88.0 Å². The number of hydrogen-bond donors (Lipinski definition) is 3. The molecule has 3 aromatic rings. The van der Waals surface area contributed by atoms with Crippen molar-refractivity contribution in [1.29, 1.82) is 0 Å². The van der Waals surface area contributed by atoms with Crippen molar-refractivity contribution in [2.45, 2.75) is 215 Å². The van der Waals surface area contributed by atoms with Crippen molar-refractivity contribution in [2.75, 3.05) is 0 Å². The predicted molar refractivity (Wildman–Crippen MR) is 264 cm³/mol. The first kappa shape index (κ1) is 76.2. The summed E-state index contributed by atoms with van der Waals surface area (Å²) in [4.78, 5) is 0. The number of rotatable bonds is 6. The molecule has 0 saturated heterocycles. The largest absolute Gasteiger partial charge is 3.00 e. The van der Waals surface area contributed by atoms with Gasteiger partial charge in [-0.1, -0.05) is 234 Å². The zero-order valence-corrected chi connectivity index (χ0v) is 49.4. The first-order valence-corrected chi connectivity index (χ1v) is 22.1. The molecule has 0 bridgehead atoms. The summed E-state index contributed by atoms with van der Waals surface area (Å²) in [5, 5.41) is 29.8. The Kier molecular flexibility index (Phi) is 56.0. The standard InChI is InChI=1S/3C12H18O.3C5H10.3H2S.4Ti/c3*1-8(2)10-6-5-7-11(9(3)4)12(10)13;3*1-2-4-5-3-1;;;;;;;/h3*5-9,13H,1-4H3;3*1-5H2;3*1H2;;;;/q;;;;;;;;;;;;+3/p-3. The third-order valence-electron chi connectivity index (χ3n) is 10.8. The van der Waals surface area contributed by atoms with Gasteiger partial charge in [0.25, 0.3) is 0 Å². The molecule has 3 aliphatic carbocycles. The average Bonchev–Trinajstić information content (AvgIpc) is 3.96. The fourth-order valence-electron chi connectivity index (χ4n) is 7.19. The smallest absolute Gasteiger partial charge is 0.813 e. The van der Waals surface area contributed by atoms with E-state index in [0.29, 0.717) is 52.8 Å². The summed E-state index contributed by atoms with van der Waals surface area (Å²) >= 11 is 0. The Hall–Kier alpha value is 0.967. The van der Waals surface area contributed by atoms with Crippen molar-refractivity contribution in [3.63, 3.8) is 0 Å². The van der Waals surface area contributed by atoms with E-state index in [2.05, 4.69) is 83.1 Å². The van der Waals surface area contributed by atoms with Crippen molar-refractivity contribution in [3.8, 4) is 17.2 Å². The van der Waals surface area contributed by atoms with Gasteiger partial charge in [-0.25, -0.2) is 0 Å². The van der Waals surface area contributed by atoms with E-state index in [4.69, 9.17) is 0 Å². The third kappa shape index (κ3) is 31.6. The monoisotopic (exact) mass is 1040 g/mol. The van der Waals surface area contributed by atoms with E-state index >= 15 is 0 Å². The Balaban J connectivity index is -0.000000117. The molecule has 0 unspecified atom stereocenters. The van der Waals surface area contributed by atoms with Gasteiger partial charge in [0.2, 0.25) is 0 Å². The van der Waals surface area contributed by atoms with Gasteiger partial charge >= 0.3 is 21.7 Å². The second kappa shape index (κ2) is 44.8. The van der Waals surface area contributed by atoms with E-state index in [1.165, 1.54) is 96.3 Å². The number of phenols is 3. The molecule has 0 amide bonds. The van der Waals surface area contributed by atoms with Crippen LogP contribution in [0.25, 0.3) is 0 Å². The topological polar surface area (TPSA) is 60.7 Å². The van der Waals surface area contributed by atoms with Crippen LogP contribution in [0.15, 0.2) is 54.6 Å². The van der Waals surface area contributed by atoms with E-state index in [1.54, 1.807) is 0 Å². The zero-order chi connectivity index (χ0) is 40.6. The van der Waals surface area contributed by atoms with Crippen LogP contribution in [0.5, 0.6) is 17.2 Å². The number of benzene rings is 3. The van der Waals surface area contributed by atoms with Gasteiger partial charge in [0.15, 0.2) is 0 Å². The molecule has 10 heteroatoms. The van der Waals surface area contributed by atoms with Gasteiger partial charge < -0.3 is 55.8 Å². The summed E-state index contributed by atoms with van der Waals surface area (Å²) in [6.45, 7) is 25.2. The van der Waals surface area contributed by atoms with Crippen molar-refractivity contribution in [1.82, 2.24) is 0 Å². The summed E-state index contributed by atoms with van der Waals surface area (Å²) < 4.78 is 0. The average molecular weight is 1040 g/mol. The number of aromatic hydroxyl groups is 3. The molecular formula is C51H87O3S3Ti4. The van der Waals surface area contributed by atoms with Crippen LogP contribution in [-0.4, -0.2) is 15.3 Å². The fraction of sp³-hybridized carbons (Fsp3) is 0.647. The molecule has 1 radical (unpaired) electrons. The minimum Gasteiger partial charge on any atom is -0.813 e. The van der Waals surface area contributed by atoms with Gasteiger partial charge in [-0.05, 0) is 68.9 Å². The molecule has 3 fully saturated rings. The van der Waals surface area contributed by atoms with Gasteiger partial charge in [0.05, 0.1) is 0 Å². The van der Waals surface area contributed by atoms with Crippen LogP contribution >= 0.6 is 0 Å². The molecule has 3 nitrogen and oxygen atoms in total. The number of hydrogen-bond acceptors (Lipinski definition) is 6. The Morgan fingerprint density at radius 2 is 0.377 bits per heavy atom. The van der Waals surface area contributed by atoms with Crippen LogP contribution in [0, 0.1) is 0 Å². The molecule has 61 heavy (non-hydrogen) atoms. The summed E-state index contributed by atoms with van der Waals surface area (Å²) in [5.41, 5.74) is 6.28. The van der Waals surface area contributed by atoms with Crippen LogP contribution in [0.4, 0.5) is 0 Å².